The van der Waals surface area contributed by atoms with E-state index in [9.17, 15) is 19.0 Å². The highest BCUT2D eigenvalue weighted by Crippen LogP contribution is 2.43. The topological polar surface area (TPSA) is 134 Å². The maximum absolute atomic E-state index is 12.6. The molecule has 362 valence electrons. The van der Waals surface area contributed by atoms with Crippen LogP contribution in [0.25, 0.3) is 0 Å². The van der Waals surface area contributed by atoms with Gasteiger partial charge in [-0.15, -0.1) is 0 Å². The fraction of sp³-hybridized carbons (Fsp3) is 0.698. The molecule has 63 heavy (non-hydrogen) atoms. The molecular weight excluding hydrogens is 810 g/mol. The Balaban J connectivity index is 4.07. The Kier molecular flexibility index (Phi) is 46.5. The van der Waals surface area contributed by atoms with E-state index in [2.05, 4.69) is 98.9 Å². The third-order valence-corrected chi connectivity index (χ3v) is 11.3. The van der Waals surface area contributed by atoms with Crippen LogP contribution in [0.5, 0.6) is 0 Å². The number of esters is 2. The van der Waals surface area contributed by atoms with E-state index >= 15 is 0 Å². The van der Waals surface area contributed by atoms with Crippen molar-refractivity contribution in [2.75, 3.05) is 26.4 Å². The highest BCUT2D eigenvalue weighted by atomic mass is 31.2. The zero-order valence-corrected chi connectivity index (χ0v) is 40.9. The summed E-state index contributed by atoms with van der Waals surface area (Å²) in [4.78, 5) is 35.0. The molecule has 0 aromatic carbocycles. The molecule has 0 bridgehead atoms. The van der Waals surface area contributed by atoms with Crippen molar-refractivity contribution in [3.05, 3.63) is 85.1 Å². The number of phosphoric acid groups is 1. The Morgan fingerprint density at radius 1 is 0.492 bits per heavy atom. The number of allylic oxidation sites excluding steroid dienone is 14. The Hall–Kier alpha value is -2.81. The van der Waals surface area contributed by atoms with E-state index in [1.807, 2.05) is 0 Å². The second-order valence-electron chi connectivity index (χ2n) is 16.3. The summed E-state index contributed by atoms with van der Waals surface area (Å²) in [6.45, 7) is 3.60. The molecule has 2 atom stereocenters. The lowest BCUT2D eigenvalue weighted by molar-refractivity contribution is -0.161. The molecule has 0 heterocycles. The summed E-state index contributed by atoms with van der Waals surface area (Å²) in [7, 11) is -4.39. The van der Waals surface area contributed by atoms with Crippen molar-refractivity contribution in [2.24, 2.45) is 5.73 Å². The zero-order valence-electron chi connectivity index (χ0n) is 40.0. The zero-order chi connectivity index (χ0) is 46.0. The van der Waals surface area contributed by atoms with Gasteiger partial charge in [0.05, 0.1) is 13.2 Å². The number of ether oxygens (including phenoxy) is 2. The van der Waals surface area contributed by atoms with Crippen LogP contribution in [0.2, 0.25) is 0 Å². The van der Waals surface area contributed by atoms with Crippen LogP contribution in [0.15, 0.2) is 85.1 Å². The van der Waals surface area contributed by atoms with Gasteiger partial charge in [-0.3, -0.25) is 18.6 Å². The van der Waals surface area contributed by atoms with Gasteiger partial charge in [-0.1, -0.05) is 208 Å². The number of rotatable bonds is 46. The quantitative estimate of drug-likeness (QED) is 0.0265. The molecule has 0 aliphatic heterocycles. The van der Waals surface area contributed by atoms with E-state index in [1.165, 1.54) is 83.5 Å². The van der Waals surface area contributed by atoms with Gasteiger partial charge in [-0.2, -0.15) is 0 Å². The van der Waals surface area contributed by atoms with Gasteiger partial charge in [-0.05, 0) is 70.6 Å². The number of hydrogen-bond acceptors (Lipinski definition) is 8. The first-order valence-corrected chi connectivity index (χ1v) is 26.6. The van der Waals surface area contributed by atoms with Crippen LogP contribution in [0, 0.1) is 0 Å². The van der Waals surface area contributed by atoms with E-state index in [-0.39, 0.29) is 38.6 Å². The second kappa shape index (κ2) is 48.6. The average molecular weight is 902 g/mol. The van der Waals surface area contributed by atoms with Crippen molar-refractivity contribution >= 4 is 19.8 Å². The maximum atomic E-state index is 12.6. The first-order chi connectivity index (χ1) is 30.8. The molecule has 10 heteroatoms. The van der Waals surface area contributed by atoms with E-state index in [4.69, 9.17) is 24.3 Å². The monoisotopic (exact) mass is 902 g/mol. The molecule has 0 amide bonds. The van der Waals surface area contributed by atoms with Crippen molar-refractivity contribution in [1.82, 2.24) is 0 Å². The minimum absolute atomic E-state index is 0.0484. The third kappa shape index (κ3) is 48.5. The molecule has 0 fully saturated rings. The van der Waals surface area contributed by atoms with E-state index in [0.29, 0.717) is 6.42 Å². The fourth-order valence-corrected chi connectivity index (χ4v) is 7.38. The molecule has 0 aliphatic rings. The van der Waals surface area contributed by atoms with E-state index < -0.39 is 26.5 Å². The van der Waals surface area contributed by atoms with Crippen molar-refractivity contribution < 1.29 is 37.6 Å². The Morgan fingerprint density at radius 2 is 0.873 bits per heavy atom. The summed E-state index contributed by atoms with van der Waals surface area (Å²) in [5.74, 6) is -0.842. The smallest absolute Gasteiger partial charge is 0.462 e. The van der Waals surface area contributed by atoms with Crippen LogP contribution in [0.3, 0.4) is 0 Å². The van der Waals surface area contributed by atoms with Gasteiger partial charge in [0.15, 0.2) is 6.10 Å². The lowest BCUT2D eigenvalue weighted by Gasteiger charge is -2.19. The summed E-state index contributed by atoms with van der Waals surface area (Å²) in [5.41, 5.74) is 5.36. The first kappa shape index (κ1) is 60.2. The summed E-state index contributed by atoms with van der Waals surface area (Å²) < 4.78 is 32.9. The van der Waals surface area contributed by atoms with Gasteiger partial charge in [0.25, 0.3) is 0 Å². The van der Waals surface area contributed by atoms with Gasteiger partial charge in [0, 0.05) is 19.4 Å². The molecular formula is C53H92NO8P. The molecule has 0 spiro atoms. The van der Waals surface area contributed by atoms with Crippen molar-refractivity contribution in [3.8, 4) is 0 Å². The predicted molar refractivity (Wildman–Crippen MR) is 265 cm³/mol. The van der Waals surface area contributed by atoms with Gasteiger partial charge in [0.1, 0.15) is 6.61 Å². The van der Waals surface area contributed by atoms with Crippen LogP contribution in [0.1, 0.15) is 206 Å². The molecule has 0 aromatic rings. The van der Waals surface area contributed by atoms with Crippen molar-refractivity contribution in [3.63, 3.8) is 0 Å². The van der Waals surface area contributed by atoms with Gasteiger partial charge >= 0.3 is 19.8 Å². The fourth-order valence-electron chi connectivity index (χ4n) is 6.61. The average Bonchev–Trinajstić information content (AvgIpc) is 3.27. The van der Waals surface area contributed by atoms with Crippen LogP contribution in [0.4, 0.5) is 0 Å². The van der Waals surface area contributed by atoms with Crippen molar-refractivity contribution in [1.29, 1.82) is 0 Å². The lowest BCUT2D eigenvalue weighted by atomic mass is 10.0. The normalized spacial score (nSPS) is 13.9. The number of carbonyl (C=O) groups excluding carboxylic acids is 2. The van der Waals surface area contributed by atoms with Crippen LogP contribution in [-0.4, -0.2) is 49.3 Å². The summed E-state index contributed by atoms with van der Waals surface area (Å²) in [5, 5.41) is 0. The molecule has 0 radical (unpaired) electrons. The van der Waals surface area contributed by atoms with Gasteiger partial charge < -0.3 is 20.1 Å². The van der Waals surface area contributed by atoms with Crippen LogP contribution >= 0.6 is 7.82 Å². The number of phosphoric ester groups is 1. The highest BCUT2D eigenvalue weighted by Gasteiger charge is 2.26. The number of nitrogens with two attached hydrogens (primary N) is 1. The molecule has 0 aromatic heterocycles. The highest BCUT2D eigenvalue weighted by molar-refractivity contribution is 7.47. The Labute approximate surface area is 385 Å². The molecule has 0 rings (SSSR count). The minimum Gasteiger partial charge on any atom is -0.462 e. The lowest BCUT2D eigenvalue weighted by Crippen LogP contribution is -2.29. The number of hydrogen-bond donors (Lipinski definition) is 2. The molecule has 0 saturated heterocycles. The van der Waals surface area contributed by atoms with Crippen LogP contribution in [-0.2, 0) is 32.7 Å². The maximum Gasteiger partial charge on any atom is 0.472 e. The standard InChI is InChI=1S/C53H92NO8P/c1-3-5-7-9-11-13-15-17-18-19-20-21-22-23-24-25-26-27-28-29-30-31-32-34-36-38-40-42-44-46-53(56)62-51(50-61-63(57,58)60-48-47-54)49-59-52(55)45-43-41-39-37-35-33-16-14-12-10-8-6-4-2/h5,7,11,13,17-18,20-21,23-24,26-27,29-30,51H,3-4,6,8-10,12,14-16,19,22,25,28,31-50,54H2,1-2H3,(H,57,58)/b7-5-,13-11-,18-17-,21-20-,24-23-,27-26-,30-29-. The molecule has 0 saturated carbocycles. The summed E-state index contributed by atoms with van der Waals surface area (Å²) in [6.07, 6.45) is 61.9. The Morgan fingerprint density at radius 3 is 1.30 bits per heavy atom. The first-order valence-electron chi connectivity index (χ1n) is 25.1. The molecule has 2 unspecified atom stereocenters. The summed E-state index contributed by atoms with van der Waals surface area (Å²) in [6, 6.07) is 0. The second-order valence-corrected chi connectivity index (χ2v) is 17.8. The molecule has 3 N–H and O–H groups in total. The molecule has 9 nitrogen and oxygen atoms in total. The molecule has 0 aliphatic carbocycles. The number of unbranched alkanes of at least 4 members (excludes halogenated alkanes) is 19. The minimum atomic E-state index is -4.39. The van der Waals surface area contributed by atoms with Gasteiger partial charge in [-0.25, -0.2) is 4.57 Å². The third-order valence-electron chi connectivity index (χ3n) is 10.3. The van der Waals surface area contributed by atoms with E-state index in [0.717, 1.165) is 89.9 Å². The largest absolute Gasteiger partial charge is 0.472 e. The predicted octanol–water partition coefficient (Wildman–Crippen LogP) is 15.2. The van der Waals surface area contributed by atoms with E-state index in [1.54, 1.807) is 0 Å². The SMILES string of the molecule is CC/C=C\C/C=C\C/C=C\C/C=C\C/C=C\C/C=C\C/C=C\CCCCCCCCCC(=O)OC(COC(=O)CCCCCCCCCCCCCCC)COP(=O)(O)OCCN. The Bertz CT molecular complexity index is 1300. The summed E-state index contributed by atoms with van der Waals surface area (Å²) >= 11 is 0. The number of carbonyl (C=O) groups is 2. The van der Waals surface area contributed by atoms with Crippen LogP contribution < -0.4 is 5.73 Å². The van der Waals surface area contributed by atoms with Crippen molar-refractivity contribution in [2.45, 2.75) is 213 Å². The van der Waals surface area contributed by atoms with Gasteiger partial charge in [0.2, 0.25) is 0 Å².